The zero-order chi connectivity index (χ0) is 34.4. The van der Waals surface area contributed by atoms with E-state index >= 15 is 0 Å². The second-order valence-corrected chi connectivity index (χ2v) is 14.1. The summed E-state index contributed by atoms with van der Waals surface area (Å²) in [4.78, 5) is 55.6. The van der Waals surface area contributed by atoms with Gasteiger partial charge in [0.15, 0.2) is 16.7 Å². The molecule has 0 bridgehead atoms. The van der Waals surface area contributed by atoms with Crippen molar-refractivity contribution in [3.05, 3.63) is 161 Å². The highest BCUT2D eigenvalue weighted by Gasteiger charge is 2.33. The summed E-state index contributed by atoms with van der Waals surface area (Å²) in [5.41, 5.74) is 6.22. The zero-order valence-corrected chi connectivity index (χ0v) is 29.2. The fourth-order valence-corrected chi connectivity index (χ4v) is 7.26. The van der Waals surface area contributed by atoms with Gasteiger partial charge in [0.1, 0.15) is 5.57 Å². The molecule has 240 valence electrons. The molecule has 0 spiro atoms. The van der Waals surface area contributed by atoms with Gasteiger partial charge in [-0.15, -0.1) is 0 Å². The van der Waals surface area contributed by atoms with Crippen LogP contribution in [0.5, 0.6) is 0 Å². The summed E-state index contributed by atoms with van der Waals surface area (Å²) in [7, 11) is 0. The molecule has 4 aromatic rings. The first-order valence-corrected chi connectivity index (χ1v) is 17.1. The maximum atomic E-state index is 14.1. The molecule has 1 aliphatic heterocycles. The van der Waals surface area contributed by atoms with E-state index in [1.807, 2.05) is 100 Å². The molecule has 1 heterocycles. The van der Waals surface area contributed by atoms with E-state index in [1.165, 1.54) is 0 Å². The minimum atomic E-state index is -0.728. The van der Waals surface area contributed by atoms with E-state index in [-0.39, 0.29) is 36.3 Å². The molecule has 2 N–H and O–H groups in total. The number of hydrogen-bond acceptors (Lipinski definition) is 7. The van der Waals surface area contributed by atoms with Crippen molar-refractivity contribution in [2.24, 2.45) is 0 Å². The summed E-state index contributed by atoms with van der Waals surface area (Å²) in [6.45, 7) is 7.81. The number of thiocarbonyl (C=S) groups is 1. The lowest BCUT2D eigenvalue weighted by Gasteiger charge is -2.21. The Morgan fingerprint density at radius 3 is 1.19 bits per heavy atom. The van der Waals surface area contributed by atoms with E-state index < -0.39 is 11.8 Å². The molecule has 0 saturated carbocycles. The van der Waals surface area contributed by atoms with Gasteiger partial charge in [0.2, 0.25) is 0 Å². The second kappa shape index (κ2) is 15.4. The Balaban J connectivity index is 1.68. The molecule has 4 aromatic carbocycles. The minimum Gasteiger partial charge on any atom is -0.298 e. The van der Waals surface area contributed by atoms with E-state index in [0.717, 1.165) is 56.9 Å². The van der Waals surface area contributed by atoms with Crippen LogP contribution in [0.2, 0.25) is 0 Å². The number of aryl methyl sites for hydroxylation is 4. The van der Waals surface area contributed by atoms with Gasteiger partial charge in [-0.05, 0) is 63.2 Å². The maximum Gasteiger partial charge on any atom is 0.264 e. The van der Waals surface area contributed by atoms with Gasteiger partial charge in [-0.3, -0.25) is 29.8 Å². The molecule has 6 nitrogen and oxygen atoms in total. The predicted octanol–water partition coefficient (Wildman–Crippen LogP) is 8.28. The Bertz CT molecular complexity index is 1860. The number of ketones is 2. The van der Waals surface area contributed by atoms with Crippen LogP contribution in [0.3, 0.4) is 0 Å². The summed E-state index contributed by atoms with van der Waals surface area (Å²) in [5, 5.41) is 4.88. The molecule has 2 amide bonds. The number of thioether (sulfide) groups is 2. The number of allylic oxidation sites excluding steroid dienone is 2. The molecule has 9 heteroatoms. The number of Topliss-reactive ketones (excluding diaryl/α,β-unsaturated/α-hetero) is 2. The van der Waals surface area contributed by atoms with Gasteiger partial charge >= 0.3 is 0 Å². The number of hydrogen-bond donors (Lipinski definition) is 2. The largest absolute Gasteiger partial charge is 0.298 e. The zero-order valence-electron chi connectivity index (χ0n) is 26.8. The quantitative estimate of drug-likeness (QED) is 0.0750. The molecule has 0 aliphatic carbocycles. The molecule has 48 heavy (non-hydrogen) atoms. The number of carbonyl (C=O) groups excluding carboxylic acids is 4. The molecule has 1 saturated heterocycles. The highest BCUT2D eigenvalue weighted by Crippen LogP contribution is 2.44. The fourth-order valence-electron chi connectivity index (χ4n) is 4.58. The van der Waals surface area contributed by atoms with Crippen LogP contribution in [-0.2, 0) is 9.59 Å². The number of nitrogens with one attached hydrogen (secondary N) is 2. The fraction of sp³-hybridized carbons (Fsp3) is 0.103. The van der Waals surface area contributed by atoms with Crippen LogP contribution in [0.4, 0.5) is 0 Å². The molecular weight excluding hydrogens is 657 g/mol. The molecular formula is C39H32N2O4S3. The van der Waals surface area contributed by atoms with Gasteiger partial charge in [-0.2, -0.15) is 0 Å². The van der Waals surface area contributed by atoms with Crippen molar-refractivity contribution in [3.63, 3.8) is 0 Å². The van der Waals surface area contributed by atoms with Gasteiger partial charge in [0.05, 0.1) is 14.0 Å². The summed E-state index contributed by atoms with van der Waals surface area (Å²) >= 11 is 7.00. The van der Waals surface area contributed by atoms with Crippen LogP contribution in [0.15, 0.2) is 117 Å². The van der Waals surface area contributed by atoms with Crippen molar-refractivity contribution in [1.82, 2.24) is 10.6 Å². The third-order valence-electron chi connectivity index (χ3n) is 7.34. The SMILES string of the molecule is Cc1ccc(/C=C(\SC(S/C(=C/c2ccc(C)cc2)C(=O)c2ccc(C)cc2)=C2C(=O)NC(=S)NC2=O)C(=O)c2ccc(C)cc2)cc1. The third-order valence-corrected chi connectivity index (χ3v) is 9.87. The average Bonchev–Trinajstić information content (AvgIpc) is 3.05. The van der Waals surface area contributed by atoms with Crippen molar-refractivity contribution in [2.75, 3.05) is 0 Å². The van der Waals surface area contributed by atoms with Gasteiger partial charge in [-0.25, -0.2) is 0 Å². The molecule has 1 fully saturated rings. The molecule has 0 unspecified atom stereocenters. The third kappa shape index (κ3) is 8.74. The van der Waals surface area contributed by atoms with Gasteiger partial charge in [0.25, 0.3) is 11.8 Å². The van der Waals surface area contributed by atoms with Crippen molar-refractivity contribution in [2.45, 2.75) is 27.7 Å². The van der Waals surface area contributed by atoms with E-state index in [0.29, 0.717) is 11.1 Å². The minimum absolute atomic E-state index is 0.125. The Hall–Kier alpha value is -4.83. The lowest BCUT2D eigenvalue weighted by molar-refractivity contribution is -0.123. The second-order valence-electron chi connectivity index (χ2n) is 11.3. The summed E-state index contributed by atoms with van der Waals surface area (Å²) in [6.07, 6.45) is 3.45. The monoisotopic (exact) mass is 688 g/mol. The number of amides is 2. The van der Waals surface area contributed by atoms with Gasteiger partial charge in [-0.1, -0.05) is 143 Å². The average molecular weight is 689 g/mol. The smallest absolute Gasteiger partial charge is 0.264 e. The molecule has 5 rings (SSSR count). The normalized spacial score (nSPS) is 13.6. The van der Waals surface area contributed by atoms with E-state index in [9.17, 15) is 19.2 Å². The number of benzene rings is 4. The Labute approximate surface area is 293 Å². The van der Waals surface area contributed by atoms with Crippen molar-refractivity contribution >= 4 is 76.4 Å². The van der Waals surface area contributed by atoms with Crippen LogP contribution in [0, 0.1) is 27.7 Å². The first-order valence-electron chi connectivity index (χ1n) is 15.0. The first-order chi connectivity index (χ1) is 23.0. The topological polar surface area (TPSA) is 92.3 Å². The van der Waals surface area contributed by atoms with E-state index in [2.05, 4.69) is 10.6 Å². The first kappa shape index (κ1) is 34.5. The van der Waals surface area contributed by atoms with Crippen LogP contribution < -0.4 is 10.6 Å². The van der Waals surface area contributed by atoms with Crippen molar-refractivity contribution in [1.29, 1.82) is 0 Å². The highest BCUT2D eigenvalue weighted by atomic mass is 32.2. The molecule has 1 aliphatic rings. The lowest BCUT2D eigenvalue weighted by Crippen LogP contribution is -2.51. The lowest BCUT2D eigenvalue weighted by atomic mass is 10.1. The van der Waals surface area contributed by atoms with Crippen molar-refractivity contribution < 1.29 is 19.2 Å². The van der Waals surface area contributed by atoms with Gasteiger partial charge in [0, 0.05) is 11.1 Å². The standard InChI is InChI=1S/C39H32N2O4S3/c1-23-5-13-27(14-6-23)21-31(34(42)29-17-9-25(3)10-18-29)47-38(33-36(44)40-39(46)41-37(33)45)48-32(22-28-15-7-24(2)8-16-28)35(43)30-19-11-26(4)12-20-30/h5-22H,1-4H3,(H2,40,41,44,45,46)/b31-21-,32-22+. The Morgan fingerprint density at radius 2 is 0.854 bits per heavy atom. The summed E-state index contributed by atoms with van der Waals surface area (Å²) in [6, 6.07) is 29.6. The summed E-state index contributed by atoms with van der Waals surface area (Å²) < 4.78 is 0.144. The van der Waals surface area contributed by atoms with Crippen LogP contribution in [-0.4, -0.2) is 28.5 Å². The van der Waals surface area contributed by atoms with Crippen LogP contribution in [0.25, 0.3) is 12.2 Å². The Morgan fingerprint density at radius 1 is 0.542 bits per heavy atom. The van der Waals surface area contributed by atoms with Crippen LogP contribution in [0.1, 0.15) is 54.1 Å². The predicted molar refractivity (Wildman–Crippen MR) is 200 cm³/mol. The molecule has 0 radical (unpaired) electrons. The van der Waals surface area contributed by atoms with Crippen LogP contribution >= 0.6 is 35.7 Å². The van der Waals surface area contributed by atoms with Gasteiger partial charge < -0.3 is 0 Å². The molecule has 0 atom stereocenters. The van der Waals surface area contributed by atoms with E-state index in [4.69, 9.17) is 12.2 Å². The van der Waals surface area contributed by atoms with Crippen molar-refractivity contribution in [3.8, 4) is 0 Å². The number of carbonyl (C=O) groups is 4. The highest BCUT2D eigenvalue weighted by molar-refractivity contribution is 8.26. The Kier molecular flexibility index (Phi) is 11.1. The number of rotatable bonds is 10. The maximum absolute atomic E-state index is 14.1. The summed E-state index contributed by atoms with van der Waals surface area (Å²) in [5.74, 6) is -2.07. The molecule has 0 aromatic heterocycles. The van der Waals surface area contributed by atoms with E-state index in [1.54, 1.807) is 36.4 Å².